The Hall–Kier alpha value is -1.97. The molecule has 0 aromatic heterocycles. The van der Waals surface area contributed by atoms with Crippen molar-refractivity contribution >= 4 is 23.1 Å². The van der Waals surface area contributed by atoms with Crippen molar-refractivity contribution in [2.24, 2.45) is 21.9 Å². The van der Waals surface area contributed by atoms with Crippen LogP contribution >= 0.6 is 0 Å². The van der Waals surface area contributed by atoms with Crippen molar-refractivity contribution in [3.63, 3.8) is 0 Å². The number of amides is 1. The van der Waals surface area contributed by atoms with Crippen LogP contribution < -0.4 is 0 Å². The second kappa shape index (κ2) is 5.43. The quantitative estimate of drug-likeness (QED) is 0.836. The minimum atomic E-state index is -0.0705. The van der Waals surface area contributed by atoms with E-state index in [1.165, 1.54) is 10.6 Å². The first-order chi connectivity index (χ1) is 10.1. The Morgan fingerprint density at radius 1 is 1.33 bits per heavy atom. The van der Waals surface area contributed by atoms with Crippen molar-refractivity contribution in [1.29, 1.82) is 0 Å². The lowest BCUT2D eigenvalue weighted by Crippen LogP contribution is -2.32. The Bertz CT molecular complexity index is 631. The van der Waals surface area contributed by atoms with E-state index in [1.54, 1.807) is 0 Å². The summed E-state index contributed by atoms with van der Waals surface area (Å²) < 4.78 is 0. The van der Waals surface area contributed by atoms with Gasteiger partial charge in [0.2, 0.25) is 0 Å². The molecule has 3 rings (SSSR count). The van der Waals surface area contributed by atoms with Crippen molar-refractivity contribution in [3.8, 4) is 0 Å². The molecular weight excluding hydrogens is 262 g/mol. The molecule has 0 bridgehead atoms. The zero-order valence-corrected chi connectivity index (χ0v) is 12.8. The largest absolute Gasteiger partial charge is 0.272 e. The van der Waals surface area contributed by atoms with Crippen LogP contribution in [0, 0.1) is 11.8 Å². The highest BCUT2D eigenvalue weighted by Gasteiger charge is 2.36. The first-order valence-corrected chi connectivity index (χ1v) is 7.61. The smallest absolute Gasteiger partial charge is 0.257 e. The number of amidine groups is 1. The Morgan fingerprint density at radius 3 is 2.81 bits per heavy atom. The molecular formula is C17H21N3O. The van der Waals surface area contributed by atoms with E-state index >= 15 is 0 Å². The molecule has 0 aliphatic carbocycles. The number of hydrogen-bond donors (Lipinski definition) is 0. The van der Waals surface area contributed by atoms with Crippen LogP contribution in [0.25, 0.3) is 0 Å². The van der Waals surface area contributed by atoms with Gasteiger partial charge in [-0.1, -0.05) is 32.0 Å². The number of carbonyl (C=O) groups excluding carboxylic acids is 1. The molecule has 4 nitrogen and oxygen atoms in total. The van der Waals surface area contributed by atoms with Gasteiger partial charge in [-0.25, -0.2) is 4.99 Å². The van der Waals surface area contributed by atoms with Crippen molar-refractivity contribution in [2.75, 3.05) is 0 Å². The molecule has 0 saturated heterocycles. The van der Waals surface area contributed by atoms with Gasteiger partial charge in [0.1, 0.15) is 5.84 Å². The molecule has 1 amide bonds. The van der Waals surface area contributed by atoms with Gasteiger partial charge in [0.05, 0.1) is 11.6 Å². The highest BCUT2D eigenvalue weighted by molar-refractivity contribution is 6.14. The lowest BCUT2D eigenvalue weighted by molar-refractivity contribution is -0.128. The zero-order chi connectivity index (χ0) is 15.0. The summed E-state index contributed by atoms with van der Waals surface area (Å²) in [7, 11) is 0. The normalized spacial score (nSPS) is 20.9. The van der Waals surface area contributed by atoms with Crippen molar-refractivity contribution < 1.29 is 4.79 Å². The van der Waals surface area contributed by atoms with Gasteiger partial charge < -0.3 is 0 Å². The fourth-order valence-corrected chi connectivity index (χ4v) is 2.86. The van der Waals surface area contributed by atoms with E-state index in [9.17, 15) is 4.79 Å². The van der Waals surface area contributed by atoms with Crippen LogP contribution in [-0.4, -0.2) is 22.5 Å². The zero-order valence-electron chi connectivity index (χ0n) is 12.8. The number of nitrogens with zero attached hydrogens (tertiary/aromatic N) is 3. The van der Waals surface area contributed by atoms with Gasteiger partial charge in [-0.15, -0.1) is 0 Å². The van der Waals surface area contributed by atoms with E-state index in [-0.39, 0.29) is 11.8 Å². The highest BCUT2D eigenvalue weighted by atomic mass is 16.2. The third kappa shape index (κ3) is 2.62. The average molecular weight is 283 g/mol. The molecule has 2 aliphatic rings. The molecule has 1 unspecified atom stereocenters. The van der Waals surface area contributed by atoms with Gasteiger partial charge in [-0.2, -0.15) is 10.1 Å². The molecule has 21 heavy (non-hydrogen) atoms. The average Bonchev–Trinajstić information content (AvgIpc) is 2.98. The number of benzene rings is 1. The summed E-state index contributed by atoms with van der Waals surface area (Å²) in [5.74, 6) is 1.37. The van der Waals surface area contributed by atoms with Gasteiger partial charge in [0, 0.05) is 12.1 Å². The fraction of sp³-hybridized carbons (Fsp3) is 0.471. The summed E-state index contributed by atoms with van der Waals surface area (Å²) in [4.78, 5) is 17.2. The Balaban J connectivity index is 1.76. The van der Waals surface area contributed by atoms with Crippen LogP contribution in [0.5, 0.6) is 0 Å². The van der Waals surface area contributed by atoms with Gasteiger partial charge >= 0.3 is 0 Å². The van der Waals surface area contributed by atoms with E-state index in [4.69, 9.17) is 0 Å². The van der Waals surface area contributed by atoms with Gasteiger partial charge in [-0.05, 0) is 37.3 Å². The number of aliphatic imine (C=N–C) groups is 1. The third-order valence-corrected chi connectivity index (χ3v) is 4.14. The monoisotopic (exact) mass is 283 g/mol. The van der Waals surface area contributed by atoms with Gasteiger partial charge in [0.25, 0.3) is 5.91 Å². The molecule has 2 aliphatic heterocycles. The number of rotatable bonds is 3. The molecule has 0 saturated carbocycles. The maximum absolute atomic E-state index is 12.6. The minimum absolute atomic E-state index is 0.0705. The summed E-state index contributed by atoms with van der Waals surface area (Å²) in [5.41, 5.74) is 3.04. The van der Waals surface area contributed by atoms with E-state index in [0.29, 0.717) is 12.3 Å². The van der Waals surface area contributed by atoms with Crippen LogP contribution in [0.2, 0.25) is 0 Å². The summed E-state index contributed by atoms with van der Waals surface area (Å²) >= 11 is 0. The molecule has 4 heteroatoms. The fourth-order valence-electron chi connectivity index (χ4n) is 2.86. The first-order valence-electron chi connectivity index (χ1n) is 7.61. The van der Waals surface area contributed by atoms with E-state index in [0.717, 1.165) is 30.1 Å². The number of para-hydroxylation sites is 1. The van der Waals surface area contributed by atoms with E-state index < -0.39 is 0 Å². The van der Waals surface area contributed by atoms with Crippen LogP contribution in [0.1, 0.15) is 39.2 Å². The van der Waals surface area contributed by atoms with Gasteiger partial charge in [0.15, 0.2) is 0 Å². The maximum Gasteiger partial charge on any atom is 0.257 e. The number of fused-ring (bicyclic) bond motifs is 1. The van der Waals surface area contributed by atoms with Crippen LogP contribution in [0.3, 0.4) is 0 Å². The molecule has 1 atom stereocenters. The van der Waals surface area contributed by atoms with E-state index in [1.807, 2.05) is 25.1 Å². The third-order valence-electron chi connectivity index (χ3n) is 4.14. The van der Waals surface area contributed by atoms with Gasteiger partial charge in [-0.3, -0.25) is 4.79 Å². The lowest BCUT2D eigenvalue weighted by Gasteiger charge is -2.14. The topological polar surface area (TPSA) is 45.0 Å². The molecule has 1 aromatic rings. The molecule has 2 heterocycles. The lowest BCUT2D eigenvalue weighted by atomic mass is 9.94. The van der Waals surface area contributed by atoms with Crippen LogP contribution in [0.15, 0.2) is 34.4 Å². The van der Waals surface area contributed by atoms with Crippen molar-refractivity contribution in [3.05, 3.63) is 29.8 Å². The van der Waals surface area contributed by atoms with Crippen LogP contribution in [-0.2, 0) is 11.2 Å². The van der Waals surface area contributed by atoms with E-state index in [2.05, 4.69) is 30.0 Å². The second-order valence-corrected chi connectivity index (χ2v) is 6.25. The Kier molecular flexibility index (Phi) is 3.62. The van der Waals surface area contributed by atoms with Crippen molar-refractivity contribution in [1.82, 2.24) is 5.01 Å². The number of carbonyl (C=O) groups is 1. The standard InChI is InChI=1S/C17H21N3O/c1-11(2)8-9-14-12(3)19-20(17(14)21)16-10-13-6-4-5-7-15(13)18-16/h4-7,11,14H,8-10H2,1-3H3. The first kappa shape index (κ1) is 14.0. The summed E-state index contributed by atoms with van der Waals surface area (Å²) in [6.45, 7) is 6.31. The minimum Gasteiger partial charge on any atom is -0.272 e. The summed E-state index contributed by atoms with van der Waals surface area (Å²) in [5, 5.41) is 5.99. The maximum atomic E-state index is 12.6. The summed E-state index contributed by atoms with van der Waals surface area (Å²) in [6.07, 6.45) is 2.61. The SMILES string of the molecule is CC1=NN(C2=Nc3ccccc3C2)C(=O)C1CCC(C)C. The van der Waals surface area contributed by atoms with Crippen LogP contribution in [0.4, 0.5) is 5.69 Å². The molecule has 0 radical (unpaired) electrons. The Labute approximate surface area is 125 Å². The molecule has 110 valence electrons. The predicted octanol–water partition coefficient (Wildman–Crippen LogP) is 3.54. The molecule has 1 aromatic carbocycles. The Morgan fingerprint density at radius 2 is 2.10 bits per heavy atom. The molecule has 0 N–H and O–H groups in total. The number of hydrazone groups is 1. The van der Waals surface area contributed by atoms with Crippen molar-refractivity contribution in [2.45, 2.75) is 40.0 Å². The number of hydrogen-bond acceptors (Lipinski definition) is 3. The predicted molar refractivity (Wildman–Crippen MR) is 84.8 cm³/mol. The molecule has 0 fully saturated rings. The molecule has 0 spiro atoms. The summed E-state index contributed by atoms with van der Waals surface area (Å²) in [6, 6.07) is 8.01. The second-order valence-electron chi connectivity index (χ2n) is 6.25. The highest BCUT2D eigenvalue weighted by Crippen LogP contribution is 2.30.